The highest BCUT2D eigenvalue weighted by molar-refractivity contribution is 8.00. The maximum Gasteiger partial charge on any atom is 0.255 e. The van der Waals surface area contributed by atoms with Gasteiger partial charge >= 0.3 is 0 Å². The third-order valence-electron chi connectivity index (χ3n) is 6.57. The van der Waals surface area contributed by atoms with Crippen LogP contribution in [-0.4, -0.2) is 31.8 Å². The van der Waals surface area contributed by atoms with Crippen molar-refractivity contribution in [3.8, 4) is 11.4 Å². The Morgan fingerprint density at radius 3 is 2.05 bits per heavy atom. The molecule has 0 bridgehead atoms. The van der Waals surface area contributed by atoms with Crippen LogP contribution in [0.4, 0.5) is 11.4 Å². The van der Waals surface area contributed by atoms with Gasteiger partial charge in [0.1, 0.15) is 0 Å². The van der Waals surface area contributed by atoms with Crippen molar-refractivity contribution in [2.75, 3.05) is 10.6 Å². The highest BCUT2D eigenvalue weighted by Crippen LogP contribution is 2.30. The van der Waals surface area contributed by atoms with Crippen LogP contribution in [0.15, 0.2) is 114 Å². The topological polar surface area (TPSA) is 88.9 Å². The summed E-state index contributed by atoms with van der Waals surface area (Å²) in [5.74, 6) is 0.445. The minimum atomic E-state index is -0.349. The van der Waals surface area contributed by atoms with Crippen LogP contribution in [0.25, 0.3) is 11.4 Å². The molecule has 2 amide bonds. The first kappa shape index (κ1) is 27.9. The Hall–Kier alpha value is -4.69. The number of anilines is 2. The molecule has 8 heteroatoms. The Morgan fingerprint density at radius 1 is 0.780 bits per heavy atom. The van der Waals surface area contributed by atoms with E-state index in [1.54, 1.807) is 12.1 Å². The smallest absolute Gasteiger partial charge is 0.255 e. The number of hydrogen-bond donors (Lipinski definition) is 2. The maximum absolute atomic E-state index is 13.2. The monoisotopic (exact) mass is 561 g/mol. The van der Waals surface area contributed by atoms with E-state index in [2.05, 4.69) is 33.0 Å². The number of rotatable bonds is 10. The second kappa shape index (κ2) is 13.1. The lowest BCUT2D eigenvalue weighted by atomic mass is 10.1. The van der Waals surface area contributed by atoms with Crippen molar-refractivity contribution < 1.29 is 9.59 Å². The fraction of sp³-hybridized carbons (Fsp3) is 0.152. The number of hydrogen-bond acceptors (Lipinski definition) is 5. The second-order valence-electron chi connectivity index (χ2n) is 9.65. The van der Waals surface area contributed by atoms with E-state index in [1.165, 1.54) is 11.8 Å². The number of thioether (sulfide) groups is 1. The number of nitrogens with zero attached hydrogens (tertiary/aromatic N) is 3. The lowest BCUT2D eigenvalue weighted by Gasteiger charge is -2.16. The van der Waals surface area contributed by atoms with Crippen molar-refractivity contribution in [3.05, 3.63) is 126 Å². The Morgan fingerprint density at radius 2 is 1.39 bits per heavy atom. The van der Waals surface area contributed by atoms with Crippen LogP contribution in [0.1, 0.15) is 34.8 Å². The molecule has 0 saturated heterocycles. The van der Waals surface area contributed by atoms with Crippen molar-refractivity contribution in [2.24, 2.45) is 0 Å². The predicted octanol–water partition coefficient (Wildman–Crippen LogP) is 7.06. The summed E-state index contributed by atoms with van der Waals surface area (Å²) < 4.78 is 2.04. The molecule has 0 saturated carbocycles. The van der Waals surface area contributed by atoms with Gasteiger partial charge < -0.3 is 10.6 Å². The summed E-state index contributed by atoms with van der Waals surface area (Å²) in [5, 5.41) is 15.3. The van der Waals surface area contributed by atoms with Crippen molar-refractivity contribution in [3.63, 3.8) is 0 Å². The van der Waals surface area contributed by atoms with E-state index in [-0.39, 0.29) is 17.1 Å². The van der Waals surface area contributed by atoms with E-state index in [0.717, 1.165) is 22.4 Å². The Balaban J connectivity index is 1.38. The molecule has 2 N–H and O–H groups in total. The molecule has 0 aliphatic carbocycles. The molecule has 5 aromatic rings. The van der Waals surface area contributed by atoms with Gasteiger partial charge in [0.05, 0.1) is 11.8 Å². The standard InChI is InChI=1S/C33H31N5O2S/c1-3-29(32(40)35-27-18-14-23(2)15-19-27)41-33-37-36-30(38(33)22-24-10-6-4-7-11-24)25-16-20-28(21-17-25)34-31(39)26-12-8-5-9-13-26/h4-21,29H,3,22H2,1-2H3,(H,34,39)(H,35,40)/t29-/m0/s1. The summed E-state index contributed by atoms with van der Waals surface area (Å²) >= 11 is 1.41. The van der Waals surface area contributed by atoms with Gasteiger partial charge in [-0.2, -0.15) is 0 Å². The summed E-state index contributed by atoms with van der Waals surface area (Å²) in [6, 6.07) is 34.5. The summed E-state index contributed by atoms with van der Waals surface area (Å²) in [4.78, 5) is 25.8. The van der Waals surface area contributed by atoms with E-state index < -0.39 is 0 Å². The molecule has 0 radical (unpaired) electrons. The van der Waals surface area contributed by atoms with Gasteiger partial charge in [0.15, 0.2) is 11.0 Å². The first-order chi connectivity index (χ1) is 20.0. The number of carbonyl (C=O) groups is 2. The van der Waals surface area contributed by atoms with Gasteiger partial charge in [-0.3, -0.25) is 14.2 Å². The summed E-state index contributed by atoms with van der Waals surface area (Å²) in [5.41, 5.74) is 5.14. The van der Waals surface area contributed by atoms with Crippen LogP contribution in [-0.2, 0) is 11.3 Å². The first-order valence-corrected chi connectivity index (χ1v) is 14.4. The Kier molecular flexibility index (Phi) is 8.91. The van der Waals surface area contributed by atoms with E-state index in [1.807, 2.05) is 103 Å². The molecular formula is C33H31N5O2S. The van der Waals surface area contributed by atoms with Crippen molar-refractivity contribution in [2.45, 2.75) is 37.2 Å². The quantitative estimate of drug-likeness (QED) is 0.178. The van der Waals surface area contributed by atoms with Crippen molar-refractivity contribution in [1.29, 1.82) is 0 Å². The molecule has 1 atom stereocenters. The molecule has 1 heterocycles. The van der Waals surface area contributed by atoms with Gasteiger partial charge in [0, 0.05) is 22.5 Å². The van der Waals surface area contributed by atoms with Gasteiger partial charge in [-0.15, -0.1) is 10.2 Å². The molecule has 7 nitrogen and oxygen atoms in total. The first-order valence-electron chi connectivity index (χ1n) is 13.5. The largest absolute Gasteiger partial charge is 0.325 e. The molecule has 41 heavy (non-hydrogen) atoms. The van der Waals surface area contributed by atoms with E-state index in [9.17, 15) is 9.59 Å². The van der Waals surface area contributed by atoms with Gasteiger partial charge in [-0.05, 0) is 67.4 Å². The molecule has 0 unspecified atom stereocenters. The molecule has 206 valence electrons. The lowest BCUT2D eigenvalue weighted by Crippen LogP contribution is -2.25. The van der Waals surface area contributed by atoms with Crippen LogP contribution >= 0.6 is 11.8 Å². The molecule has 1 aromatic heterocycles. The normalized spacial score (nSPS) is 11.6. The molecule has 4 aromatic carbocycles. The number of amides is 2. The Labute approximate surface area is 244 Å². The average molecular weight is 562 g/mol. The van der Waals surface area contributed by atoms with Crippen LogP contribution in [0.5, 0.6) is 0 Å². The van der Waals surface area contributed by atoms with E-state index in [4.69, 9.17) is 0 Å². The maximum atomic E-state index is 13.2. The number of nitrogens with one attached hydrogen (secondary N) is 2. The number of benzene rings is 4. The van der Waals surface area contributed by atoms with Gasteiger partial charge in [-0.1, -0.05) is 84.9 Å². The summed E-state index contributed by atoms with van der Waals surface area (Å²) in [6.45, 7) is 4.56. The van der Waals surface area contributed by atoms with Gasteiger partial charge in [-0.25, -0.2) is 0 Å². The highest BCUT2D eigenvalue weighted by atomic mass is 32.2. The SMILES string of the molecule is CC[C@H](Sc1nnc(-c2ccc(NC(=O)c3ccccc3)cc2)n1Cc1ccccc1)C(=O)Nc1ccc(C)cc1. The molecule has 0 aliphatic heterocycles. The fourth-order valence-corrected chi connectivity index (χ4v) is 5.26. The van der Waals surface area contributed by atoms with Crippen LogP contribution in [0, 0.1) is 6.92 Å². The number of aromatic nitrogens is 3. The minimum Gasteiger partial charge on any atom is -0.325 e. The van der Waals surface area contributed by atoms with Crippen molar-refractivity contribution >= 4 is 35.0 Å². The van der Waals surface area contributed by atoms with Gasteiger partial charge in [0.25, 0.3) is 5.91 Å². The lowest BCUT2D eigenvalue weighted by molar-refractivity contribution is -0.115. The third kappa shape index (κ3) is 7.10. The zero-order chi connectivity index (χ0) is 28.6. The summed E-state index contributed by atoms with van der Waals surface area (Å²) in [6.07, 6.45) is 0.631. The molecular weight excluding hydrogens is 530 g/mol. The highest BCUT2D eigenvalue weighted by Gasteiger charge is 2.23. The molecule has 5 rings (SSSR count). The molecule has 0 spiro atoms. The van der Waals surface area contributed by atoms with Crippen LogP contribution in [0.3, 0.4) is 0 Å². The number of aryl methyl sites for hydroxylation is 1. The van der Waals surface area contributed by atoms with Crippen molar-refractivity contribution in [1.82, 2.24) is 14.8 Å². The zero-order valence-electron chi connectivity index (χ0n) is 23.0. The van der Waals surface area contributed by atoms with E-state index >= 15 is 0 Å². The average Bonchev–Trinajstić information content (AvgIpc) is 3.40. The summed E-state index contributed by atoms with van der Waals surface area (Å²) in [7, 11) is 0. The van der Waals surface area contributed by atoms with Crippen LogP contribution in [0.2, 0.25) is 0 Å². The Bertz CT molecular complexity index is 1600. The third-order valence-corrected chi connectivity index (χ3v) is 7.91. The van der Waals surface area contributed by atoms with E-state index in [0.29, 0.717) is 35.2 Å². The minimum absolute atomic E-state index is 0.0734. The van der Waals surface area contributed by atoms with Crippen LogP contribution < -0.4 is 10.6 Å². The number of carbonyl (C=O) groups excluding carboxylic acids is 2. The predicted molar refractivity (Wildman–Crippen MR) is 165 cm³/mol. The zero-order valence-corrected chi connectivity index (χ0v) is 23.8. The van der Waals surface area contributed by atoms with Gasteiger partial charge in [0.2, 0.25) is 5.91 Å². The fourth-order valence-electron chi connectivity index (χ4n) is 4.30. The molecule has 0 aliphatic rings. The molecule has 0 fully saturated rings. The second-order valence-corrected chi connectivity index (χ2v) is 10.8.